The third-order valence-electron chi connectivity index (χ3n) is 4.39. The standard InChI is InChI=1S/C16H19ClN4O2/c17-12-4-2-11(3-5-12)16(6-1-7-16)15-19-14(10-13(18)23)20-21(15)8-9-22/h2-5,22H,1,6-10H2,(H2,18,23). The number of rotatable bonds is 6. The number of carbonyl (C=O) groups excluding carboxylic acids is 1. The van der Waals surface area contributed by atoms with Crippen LogP contribution in [-0.2, 0) is 23.2 Å². The molecule has 0 saturated heterocycles. The van der Waals surface area contributed by atoms with Crippen LogP contribution in [0.25, 0.3) is 0 Å². The van der Waals surface area contributed by atoms with Crippen molar-refractivity contribution < 1.29 is 9.90 Å². The van der Waals surface area contributed by atoms with Crippen LogP contribution in [0.15, 0.2) is 24.3 Å². The summed E-state index contributed by atoms with van der Waals surface area (Å²) < 4.78 is 1.70. The summed E-state index contributed by atoms with van der Waals surface area (Å²) in [4.78, 5) is 15.7. The molecule has 23 heavy (non-hydrogen) atoms. The van der Waals surface area contributed by atoms with Crippen LogP contribution in [0.1, 0.15) is 36.5 Å². The number of nitrogens with zero attached hydrogens (tertiary/aromatic N) is 3. The number of aromatic nitrogens is 3. The van der Waals surface area contributed by atoms with E-state index in [2.05, 4.69) is 10.1 Å². The first kappa shape index (κ1) is 16.0. The highest BCUT2D eigenvalue weighted by atomic mass is 35.5. The summed E-state index contributed by atoms with van der Waals surface area (Å²) in [5.74, 6) is 0.726. The molecule has 0 radical (unpaired) electrons. The number of hydrogen-bond acceptors (Lipinski definition) is 4. The van der Waals surface area contributed by atoms with Crippen LogP contribution in [0.5, 0.6) is 0 Å². The average molecular weight is 335 g/mol. The van der Waals surface area contributed by atoms with E-state index in [1.165, 1.54) is 0 Å². The van der Waals surface area contributed by atoms with E-state index in [0.717, 1.165) is 30.7 Å². The Labute approximate surface area is 139 Å². The fraction of sp³-hybridized carbons (Fsp3) is 0.438. The zero-order chi connectivity index (χ0) is 16.4. The third-order valence-corrected chi connectivity index (χ3v) is 4.64. The molecule has 1 amide bonds. The Morgan fingerprint density at radius 3 is 2.57 bits per heavy atom. The van der Waals surface area contributed by atoms with Crippen molar-refractivity contribution in [1.82, 2.24) is 14.8 Å². The zero-order valence-corrected chi connectivity index (χ0v) is 13.5. The Kier molecular flexibility index (Phi) is 4.37. The van der Waals surface area contributed by atoms with Crippen LogP contribution in [0.4, 0.5) is 0 Å². The molecule has 0 aliphatic heterocycles. The summed E-state index contributed by atoms with van der Waals surface area (Å²) in [5, 5.41) is 14.3. The van der Waals surface area contributed by atoms with E-state index in [1.807, 2.05) is 24.3 Å². The molecule has 0 atom stereocenters. The number of carbonyl (C=O) groups is 1. The van der Waals surface area contributed by atoms with Crippen molar-refractivity contribution in [3.63, 3.8) is 0 Å². The van der Waals surface area contributed by atoms with Crippen molar-refractivity contribution in [1.29, 1.82) is 0 Å². The van der Waals surface area contributed by atoms with E-state index in [1.54, 1.807) is 4.68 Å². The van der Waals surface area contributed by atoms with Gasteiger partial charge in [0, 0.05) is 5.02 Å². The summed E-state index contributed by atoms with van der Waals surface area (Å²) in [6.07, 6.45) is 3.01. The van der Waals surface area contributed by atoms with E-state index in [4.69, 9.17) is 17.3 Å². The van der Waals surface area contributed by atoms with E-state index in [9.17, 15) is 9.90 Å². The Morgan fingerprint density at radius 2 is 2.04 bits per heavy atom. The predicted octanol–water partition coefficient (Wildman–Crippen LogP) is 1.42. The molecule has 0 bridgehead atoms. The third kappa shape index (κ3) is 2.96. The van der Waals surface area contributed by atoms with Gasteiger partial charge in [0.1, 0.15) is 5.82 Å². The molecule has 1 fully saturated rings. The molecule has 3 rings (SSSR count). The second kappa shape index (κ2) is 6.29. The number of primary amides is 1. The quantitative estimate of drug-likeness (QED) is 0.835. The van der Waals surface area contributed by atoms with Crippen LogP contribution < -0.4 is 5.73 Å². The molecule has 0 spiro atoms. The number of aliphatic hydroxyl groups excluding tert-OH is 1. The van der Waals surface area contributed by atoms with Crippen molar-refractivity contribution in [3.05, 3.63) is 46.5 Å². The van der Waals surface area contributed by atoms with Gasteiger partial charge in [0.05, 0.1) is 25.0 Å². The van der Waals surface area contributed by atoms with Gasteiger partial charge in [-0.1, -0.05) is 30.2 Å². The van der Waals surface area contributed by atoms with Crippen LogP contribution in [0.3, 0.4) is 0 Å². The Hall–Kier alpha value is -1.92. The summed E-state index contributed by atoms with van der Waals surface area (Å²) >= 11 is 5.99. The van der Waals surface area contributed by atoms with E-state index < -0.39 is 5.91 Å². The highest BCUT2D eigenvalue weighted by molar-refractivity contribution is 6.30. The lowest BCUT2D eigenvalue weighted by molar-refractivity contribution is -0.117. The number of amides is 1. The van der Waals surface area contributed by atoms with Gasteiger partial charge >= 0.3 is 0 Å². The van der Waals surface area contributed by atoms with Gasteiger partial charge in [0.15, 0.2) is 5.82 Å². The Balaban J connectivity index is 2.04. The maximum Gasteiger partial charge on any atom is 0.225 e. The predicted molar refractivity (Wildman–Crippen MR) is 86.1 cm³/mol. The Morgan fingerprint density at radius 1 is 1.35 bits per heavy atom. The molecule has 3 N–H and O–H groups in total. The van der Waals surface area contributed by atoms with Crippen molar-refractivity contribution in [2.24, 2.45) is 5.73 Å². The molecule has 122 valence electrons. The second-order valence-electron chi connectivity index (χ2n) is 5.88. The van der Waals surface area contributed by atoms with E-state index in [-0.39, 0.29) is 18.4 Å². The molecular formula is C16H19ClN4O2. The summed E-state index contributed by atoms with van der Waals surface area (Å²) in [6, 6.07) is 7.75. The molecule has 1 heterocycles. The smallest absolute Gasteiger partial charge is 0.225 e. The van der Waals surface area contributed by atoms with Crippen molar-refractivity contribution in [3.8, 4) is 0 Å². The number of hydrogen-bond donors (Lipinski definition) is 2. The summed E-state index contributed by atoms with van der Waals surface area (Å²) in [5.41, 5.74) is 6.15. The topological polar surface area (TPSA) is 94.0 Å². The highest BCUT2D eigenvalue weighted by Crippen LogP contribution is 2.48. The molecular weight excluding hydrogens is 316 g/mol. The fourth-order valence-corrected chi connectivity index (χ4v) is 3.29. The van der Waals surface area contributed by atoms with Gasteiger partial charge in [-0.3, -0.25) is 4.79 Å². The number of aliphatic hydroxyl groups is 1. The lowest BCUT2D eigenvalue weighted by Crippen LogP contribution is -2.38. The van der Waals surface area contributed by atoms with Gasteiger partial charge in [-0.25, -0.2) is 9.67 Å². The van der Waals surface area contributed by atoms with Crippen LogP contribution in [-0.4, -0.2) is 32.4 Å². The first-order valence-electron chi connectivity index (χ1n) is 7.64. The van der Waals surface area contributed by atoms with Gasteiger partial charge < -0.3 is 10.8 Å². The highest BCUT2D eigenvalue weighted by Gasteiger charge is 2.44. The number of benzene rings is 1. The maximum absolute atomic E-state index is 11.2. The average Bonchev–Trinajstić information content (AvgIpc) is 2.82. The minimum Gasteiger partial charge on any atom is -0.394 e. The second-order valence-corrected chi connectivity index (χ2v) is 6.32. The molecule has 2 aromatic rings. The lowest BCUT2D eigenvalue weighted by atomic mass is 9.64. The molecule has 7 heteroatoms. The van der Waals surface area contributed by atoms with E-state index in [0.29, 0.717) is 17.4 Å². The molecule has 6 nitrogen and oxygen atoms in total. The zero-order valence-electron chi connectivity index (χ0n) is 12.7. The monoisotopic (exact) mass is 334 g/mol. The molecule has 1 aliphatic carbocycles. The molecule has 0 unspecified atom stereocenters. The van der Waals surface area contributed by atoms with Crippen LogP contribution in [0, 0.1) is 0 Å². The number of nitrogens with two attached hydrogens (primary N) is 1. The molecule has 1 saturated carbocycles. The van der Waals surface area contributed by atoms with Crippen molar-refractivity contribution in [2.45, 2.75) is 37.6 Å². The molecule has 1 aromatic carbocycles. The van der Waals surface area contributed by atoms with Gasteiger partial charge in [0.25, 0.3) is 0 Å². The van der Waals surface area contributed by atoms with Gasteiger partial charge in [0.2, 0.25) is 5.91 Å². The summed E-state index contributed by atoms with van der Waals surface area (Å²) in [7, 11) is 0. The SMILES string of the molecule is NC(=O)Cc1nc(C2(c3ccc(Cl)cc3)CCC2)n(CCO)n1. The number of halogens is 1. The van der Waals surface area contributed by atoms with E-state index >= 15 is 0 Å². The Bertz CT molecular complexity index is 707. The van der Waals surface area contributed by atoms with Gasteiger partial charge in [-0.2, -0.15) is 5.10 Å². The van der Waals surface area contributed by atoms with Crippen molar-refractivity contribution in [2.75, 3.05) is 6.61 Å². The largest absolute Gasteiger partial charge is 0.394 e. The normalized spacial score (nSPS) is 16.1. The first-order chi connectivity index (χ1) is 11.0. The minimum absolute atomic E-state index is 0.00211. The maximum atomic E-state index is 11.2. The van der Waals surface area contributed by atoms with Crippen LogP contribution in [0.2, 0.25) is 5.02 Å². The fourth-order valence-electron chi connectivity index (χ4n) is 3.17. The summed E-state index contributed by atoms with van der Waals surface area (Å²) in [6.45, 7) is 0.305. The van der Waals surface area contributed by atoms with Crippen molar-refractivity contribution >= 4 is 17.5 Å². The lowest BCUT2D eigenvalue weighted by Gasteiger charge is -2.41. The van der Waals surface area contributed by atoms with Gasteiger partial charge in [-0.15, -0.1) is 0 Å². The molecule has 1 aromatic heterocycles. The first-order valence-corrected chi connectivity index (χ1v) is 8.02. The minimum atomic E-state index is -0.466. The molecule has 1 aliphatic rings. The van der Waals surface area contributed by atoms with Crippen LogP contribution >= 0.6 is 11.6 Å². The van der Waals surface area contributed by atoms with Gasteiger partial charge in [-0.05, 0) is 30.5 Å².